The first-order valence-corrected chi connectivity index (χ1v) is 7.54. The first-order valence-electron chi connectivity index (χ1n) is 7.54. The van der Waals surface area contributed by atoms with Gasteiger partial charge < -0.3 is 14.4 Å². The van der Waals surface area contributed by atoms with Gasteiger partial charge in [-0.05, 0) is 31.5 Å². The molecule has 0 saturated heterocycles. The van der Waals surface area contributed by atoms with Crippen molar-refractivity contribution in [1.82, 2.24) is 4.90 Å². The molecule has 0 unspecified atom stereocenters. The molecule has 0 saturated carbocycles. The predicted octanol–water partition coefficient (Wildman–Crippen LogP) is 1.40. The lowest BCUT2D eigenvalue weighted by Gasteiger charge is -2.27. The first-order chi connectivity index (χ1) is 11.4. The maximum Gasteiger partial charge on any atom is 0.340 e. The minimum atomic E-state index is -1.48. The Morgan fingerprint density at radius 3 is 2.21 bits per heavy atom. The molecule has 0 heterocycles. The number of carbonyl (C=O) groups is 3. The number of hydrogen-bond donors (Lipinski definition) is 0. The van der Waals surface area contributed by atoms with Gasteiger partial charge in [-0.25, -0.2) is 9.59 Å². The second-order valence-corrected chi connectivity index (χ2v) is 4.87. The normalized spacial score (nSPS) is 9.96. The minimum Gasteiger partial charge on any atom is -0.464 e. The van der Waals surface area contributed by atoms with Crippen molar-refractivity contribution < 1.29 is 23.9 Å². The monoisotopic (exact) mass is 332 g/mol. The number of carbonyl (C=O) groups excluding carboxylic acids is 3. The van der Waals surface area contributed by atoms with E-state index in [1.54, 1.807) is 38.1 Å². The molecule has 0 bridgehead atoms. The topological polar surface area (TPSA) is 96.7 Å². The van der Waals surface area contributed by atoms with Crippen LogP contribution in [-0.4, -0.2) is 42.0 Å². The molecule has 0 aliphatic heterocycles. The molecule has 1 aromatic carbocycles. The summed E-state index contributed by atoms with van der Waals surface area (Å²) in [5, 5.41) is 8.95. The number of nitriles is 1. The van der Waals surface area contributed by atoms with E-state index < -0.39 is 23.9 Å². The first kappa shape index (κ1) is 19.2. The Kier molecular flexibility index (Phi) is 7.43. The molecule has 7 heteroatoms. The summed E-state index contributed by atoms with van der Waals surface area (Å²) in [4.78, 5) is 37.4. The van der Waals surface area contributed by atoms with Crippen LogP contribution in [0.1, 0.15) is 31.9 Å². The van der Waals surface area contributed by atoms with Gasteiger partial charge in [0.25, 0.3) is 0 Å². The van der Waals surface area contributed by atoms with Crippen molar-refractivity contribution >= 4 is 17.8 Å². The molecule has 0 atom stereocenters. The molecular formula is C17H20N2O5. The fourth-order valence-electron chi connectivity index (χ4n) is 2.11. The molecule has 0 aromatic heterocycles. The zero-order chi connectivity index (χ0) is 18.1. The van der Waals surface area contributed by atoms with Crippen LogP contribution < -0.4 is 0 Å². The van der Waals surface area contributed by atoms with Crippen molar-refractivity contribution in [3.8, 4) is 6.07 Å². The van der Waals surface area contributed by atoms with Gasteiger partial charge in [-0.15, -0.1) is 0 Å². The molecule has 0 fully saturated rings. The van der Waals surface area contributed by atoms with Crippen molar-refractivity contribution in [3.63, 3.8) is 0 Å². The van der Waals surface area contributed by atoms with E-state index in [0.29, 0.717) is 11.1 Å². The molecule has 1 rings (SSSR count). The fourth-order valence-corrected chi connectivity index (χ4v) is 2.11. The molecule has 1 aromatic rings. The summed E-state index contributed by atoms with van der Waals surface area (Å²) < 4.78 is 9.80. The van der Waals surface area contributed by atoms with Gasteiger partial charge in [0, 0.05) is 13.5 Å². The number of benzene rings is 1. The lowest BCUT2D eigenvalue weighted by atomic mass is 10.1. The van der Waals surface area contributed by atoms with Crippen molar-refractivity contribution in [1.29, 1.82) is 5.26 Å². The van der Waals surface area contributed by atoms with Crippen LogP contribution in [0, 0.1) is 11.3 Å². The molecule has 7 nitrogen and oxygen atoms in total. The predicted molar refractivity (Wildman–Crippen MR) is 84.4 cm³/mol. The van der Waals surface area contributed by atoms with Crippen LogP contribution >= 0.6 is 0 Å². The molecule has 1 amide bonds. The van der Waals surface area contributed by atoms with E-state index in [1.807, 2.05) is 6.07 Å². The number of esters is 2. The van der Waals surface area contributed by atoms with Crippen molar-refractivity contribution in [2.75, 3.05) is 13.2 Å². The van der Waals surface area contributed by atoms with Gasteiger partial charge in [-0.2, -0.15) is 5.26 Å². The lowest BCUT2D eigenvalue weighted by molar-refractivity contribution is -0.167. The van der Waals surface area contributed by atoms with Gasteiger partial charge in [0.15, 0.2) is 0 Å². The number of amides is 1. The van der Waals surface area contributed by atoms with Gasteiger partial charge in [-0.1, -0.05) is 12.1 Å². The van der Waals surface area contributed by atoms with Crippen molar-refractivity contribution in [3.05, 3.63) is 35.4 Å². The molecule has 0 spiro atoms. The van der Waals surface area contributed by atoms with E-state index in [2.05, 4.69) is 0 Å². The third kappa shape index (κ3) is 5.09. The highest BCUT2D eigenvalue weighted by Crippen LogP contribution is 2.13. The van der Waals surface area contributed by atoms with E-state index >= 15 is 0 Å². The number of rotatable bonds is 7. The Labute approximate surface area is 140 Å². The van der Waals surface area contributed by atoms with Gasteiger partial charge in [-0.3, -0.25) is 4.79 Å². The third-order valence-corrected chi connectivity index (χ3v) is 3.14. The van der Waals surface area contributed by atoms with Crippen molar-refractivity contribution in [2.45, 2.75) is 33.4 Å². The average Bonchev–Trinajstić information content (AvgIpc) is 2.54. The summed E-state index contributed by atoms with van der Waals surface area (Å²) >= 11 is 0. The van der Waals surface area contributed by atoms with Crippen molar-refractivity contribution in [2.24, 2.45) is 0 Å². The van der Waals surface area contributed by atoms with E-state index in [4.69, 9.17) is 14.7 Å². The Morgan fingerprint density at radius 2 is 1.75 bits per heavy atom. The summed E-state index contributed by atoms with van der Waals surface area (Å²) in [6, 6.07) is 7.09. The summed E-state index contributed by atoms with van der Waals surface area (Å²) in [6.45, 7) is 4.59. The molecule has 0 radical (unpaired) electrons. The number of hydrogen-bond acceptors (Lipinski definition) is 6. The second kappa shape index (κ2) is 9.30. The smallest absolute Gasteiger partial charge is 0.340 e. The maximum atomic E-state index is 12.1. The Balaban J connectivity index is 3.15. The Bertz CT molecular complexity index is 633. The largest absolute Gasteiger partial charge is 0.464 e. The lowest BCUT2D eigenvalue weighted by Crippen LogP contribution is -2.50. The zero-order valence-electron chi connectivity index (χ0n) is 13.9. The minimum absolute atomic E-state index is 0.0207. The highest BCUT2D eigenvalue weighted by atomic mass is 16.6. The second-order valence-electron chi connectivity index (χ2n) is 4.87. The average molecular weight is 332 g/mol. The van der Waals surface area contributed by atoms with Crippen LogP contribution in [0.4, 0.5) is 0 Å². The highest BCUT2D eigenvalue weighted by Gasteiger charge is 2.37. The summed E-state index contributed by atoms with van der Waals surface area (Å²) in [5.74, 6) is -2.17. The molecule has 24 heavy (non-hydrogen) atoms. The van der Waals surface area contributed by atoms with Crippen LogP contribution in [0.3, 0.4) is 0 Å². The summed E-state index contributed by atoms with van der Waals surface area (Å²) in [6.07, 6.45) is 0. The van der Waals surface area contributed by atoms with Crippen LogP contribution in [0.15, 0.2) is 24.3 Å². The number of nitrogens with zero attached hydrogens (tertiary/aromatic N) is 2. The van der Waals surface area contributed by atoms with E-state index in [0.717, 1.165) is 4.90 Å². The Morgan fingerprint density at radius 1 is 1.17 bits per heavy atom. The van der Waals surface area contributed by atoms with Crippen LogP contribution in [0.25, 0.3) is 0 Å². The van der Waals surface area contributed by atoms with Gasteiger partial charge >= 0.3 is 11.9 Å². The molecule has 0 N–H and O–H groups in total. The number of ether oxygens (including phenoxy) is 2. The fraction of sp³-hybridized carbons (Fsp3) is 0.412. The SMILES string of the molecule is CCOC(=O)C(C(=O)OCC)N(Cc1cccc(C#N)c1)C(C)=O. The van der Waals surface area contributed by atoms with E-state index in [-0.39, 0.29) is 19.8 Å². The van der Waals surface area contributed by atoms with Crippen LogP contribution in [0.5, 0.6) is 0 Å². The summed E-state index contributed by atoms with van der Waals surface area (Å²) in [5.41, 5.74) is 1.03. The van der Waals surface area contributed by atoms with Crippen LogP contribution in [0.2, 0.25) is 0 Å². The molecule has 0 aliphatic rings. The Hall–Kier alpha value is -2.88. The summed E-state index contributed by atoms with van der Waals surface area (Å²) in [7, 11) is 0. The molecule has 0 aliphatic carbocycles. The maximum absolute atomic E-state index is 12.1. The van der Waals surface area contributed by atoms with Gasteiger partial charge in [0.1, 0.15) is 0 Å². The third-order valence-electron chi connectivity index (χ3n) is 3.14. The zero-order valence-corrected chi connectivity index (χ0v) is 13.9. The van der Waals surface area contributed by atoms with E-state index in [9.17, 15) is 14.4 Å². The molecular weight excluding hydrogens is 312 g/mol. The van der Waals surface area contributed by atoms with Gasteiger partial charge in [0.2, 0.25) is 11.9 Å². The van der Waals surface area contributed by atoms with Crippen LogP contribution in [-0.2, 0) is 30.4 Å². The quantitative estimate of drug-likeness (QED) is 0.553. The van der Waals surface area contributed by atoms with E-state index in [1.165, 1.54) is 6.92 Å². The van der Waals surface area contributed by atoms with Gasteiger partial charge in [0.05, 0.1) is 24.8 Å². The standard InChI is InChI=1S/C17H20N2O5/c1-4-23-16(21)15(17(22)24-5-2)19(12(3)20)11-14-8-6-7-13(9-14)10-18/h6-9,15H,4-5,11H2,1-3H3. The highest BCUT2D eigenvalue weighted by molar-refractivity contribution is 6.02. The molecule has 128 valence electrons.